The summed E-state index contributed by atoms with van der Waals surface area (Å²) in [6, 6.07) is 9.35. The lowest BCUT2D eigenvalue weighted by molar-refractivity contribution is -0.267. The van der Waals surface area contributed by atoms with Crippen LogP contribution in [0.5, 0.6) is 0 Å². The summed E-state index contributed by atoms with van der Waals surface area (Å²) < 4.78 is 15.7. The Kier molecular flexibility index (Phi) is 4.46. The van der Waals surface area contributed by atoms with Crippen LogP contribution in [0.2, 0.25) is 0 Å². The van der Waals surface area contributed by atoms with E-state index in [0.717, 1.165) is 5.56 Å². The Morgan fingerprint density at radius 3 is 2.19 bits per heavy atom. The van der Waals surface area contributed by atoms with Crippen LogP contribution < -0.4 is 0 Å². The van der Waals surface area contributed by atoms with Gasteiger partial charge in [0.1, 0.15) is 0 Å². The maximum atomic E-state index is 10.4. The van der Waals surface area contributed by atoms with E-state index in [0.29, 0.717) is 6.47 Å². The van der Waals surface area contributed by atoms with Crippen LogP contribution in [0.1, 0.15) is 12.5 Å². The molecule has 0 amide bonds. The molecule has 1 aromatic carbocycles. The smallest absolute Gasteiger partial charge is 0.293 e. The van der Waals surface area contributed by atoms with Gasteiger partial charge in [-0.1, -0.05) is 30.3 Å². The third-order valence-corrected chi connectivity index (χ3v) is 2.58. The van der Waals surface area contributed by atoms with Crippen molar-refractivity contribution in [3.05, 3.63) is 35.9 Å². The molecule has 1 atom stereocenters. The van der Waals surface area contributed by atoms with Gasteiger partial charge in [-0.3, -0.25) is 4.79 Å². The Labute approximate surface area is 95.1 Å². The highest BCUT2D eigenvalue weighted by Gasteiger charge is 2.40. The summed E-state index contributed by atoms with van der Waals surface area (Å²) in [6.07, 6.45) is -0.539. The Bertz CT molecular complexity index is 319. The molecule has 0 radical (unpaired) electrons. The number of benzene rings is 1. The van der Waals surface area contributed by atoms with Crippen LogP contribution >= 0.6 is 0 Å². The number of hydrogen-bond donors (Lipinski definition) is 0. The van der Waals surface area contributed by atoms with Crippen molar-refractivity contribution < 1.29 is 19.0 Å². The van der Waals surface area contributed by atoms with Crippen molar-refractivity contribution in [3.63, 3.8) is 0 Å². The van der Waals surface area contributed by atoms with Crippen molar-refractivity contribution in [2.45, 2.75) is 18.8 Å². The van der Waals surface area contributed by atoms with Crippen LogP contribution in [0, 0.1) is 0 Å². The molecule has 0 aliphatic heterocycles. The van der Waals surface area contributed by atoms with Crippen molar-refractivity contribution in [1.82, 2.24) is 0 Å². The Balaban J connectivity index is 3.09. The Morgan fingerprint density at radius 1 is 1.19 bits per heavy atom. The number of methoxy groups -OCH3 is 2. The van der Waals surface area contributed by atoms with Crippen LogP contribution in [0.3, 0.4) is 0 Å². The molecule has 1 rings (SSSR count). The standard InChI is InChI=1S/C12H16O4/c1-10(16-9-13)12(14-2,15-3)11-7-5-4-6-8-11/h4-10H,1-3H3. The number of carbonyl (C=O) groups is 1. The van der Waals surface area contributed by atoms with Gasteiger partial charge in [-0.05, 0) is 6.92 Å². The van der Waals surface area contributed by atoms with E-state index >= 15 is 0 Å². The average molecular weight is 224 g/mol. The minimum Gasteiger partial charge on any atom is -0.459 e. The maximum absolute atomic E-state index is 10.4. The summed E-state index contributed by atoms with van der Waals surface area (Å²) in [5.74, 6) is -1.07. The second-order valence-corrected chi connectivity index (χ2v) is 3.32. The van der Waals surface area contributed by atoms with Crippen LogP contribution in [0.4, 0.5) is 0 Å². The summed E-state index contributed by atoms with van der Waals surface area (Å²) in [5.41, 5.74) is 0.800. The molecule has 1 unspecified atom stereocenters. The fourth-order valence-electron chi connectivity index (χ4n) is 1.73. The first-order chi connectivity index (χ1) is 7.71. The third-order valence-electron chi connectivity index (χ3n) is 2.58. The van der Waals surface area contributed by atoms with Crippen molar-refractivity contribution in [2.75, 3.05) is 14.2 Å². The lowest BCUT2D eigenvalue weighted by Gasteiger charge is -2.35. The number of hydrogen-bond acceptors (Lipinski definition) is 4. The van der Waals surface area contributed by atoms with Gasteiger partial charge in [-0.15, -0.1) is 0 Å². The number of ether oxygens (including phenoxy) is 3. The molecule has 0 saturated carbocycles. The molecule has 0 aromatic heterocycles. The summed E-state index contributed by atoms with van der Waals surface area (Å²) >= 11 is 0. The monoisotopic (exact) mass is 224 g/mol. The second kappa shape index (κ2) is 5.63. The molecule has 4 nitrogen and oxygen atoms in total. The van der Waals surface area contributed by atoms with Gasteiger partial charge < -0.3 is 14.2 Å². The molecular formula is C12H16O4. The zero-order valence-corrected chi connectivity index (χ0v) is 9.67. The molecule has 1 aromatic rings. The topological polar surface area (TPSA) is 44.8 Å². The van der Waals surface area contributed by atoms with Gasteiger partial charge in [-0.25, -0.2) is 0 Å². The SMILES string of the molecule is COC(OC)(c1ccccc1)C(C)OC=O. The first-order valence-electron chi connectivity index (χ1n) is 4.96. The van der Waals surface area contributed by atoms with E-state index in [-0.39, 0.29) is 0 Å². The van der Waals surface area contributed by atoms with Gasteiger partial charge in [0.15, 0.2) is 6.10 Å². The Morgan fingerprint density at radius 2 is 1.75 bits per heavy atom. The van der Waals surface area contributed by atoms with E-state index in [9.17, 15) is 4.79 Å². The third kappa shape index (κ3) is 2.23. The van der Waals surface area contributed by atoms with Crippen LogP contribution in [0.25, 0.3) is 0 Å². The summed E-state index contributed by atoms with van der Waals surface area (Å²) in [6.45, 7) is 2.11. The van der Waals surface area contributed by atoms with Crippen molar-refractivity contribution >= 4 is 6.47 Å². The van der Waals surface area contributed by atoms with Crippen molar-refractivity contribution in [3.8, 4) is 0 Å². The summed E-state index contributed by atoms with van der Waals surface area (Å²) in [7, 11) is 3.03. The molecular weight excluding hydrogens is 208 g/mol. The fraction of sp³-hybridized carbons (Fsp3) is 0.417. The summed E-state index contributed by atoms with van der Waals surface area (Å²) in [4.78, 5) is 10.4. The minimum atomic E-state index is -1.07. The highest BCUT2D eigenvalue weighted by Crippen LogP contribution is 2.31. The first-order valence-corrected chi connectivity index (χ1v) is 4.96. The highest BCUT2D eigenvalue weighted by molar-refractivity contribution is 5.38. The molecule has 0 N–H and O–H groups in total. The maximum Gasteiger partial charge on any atom is 0.293 e. The van der Waals surface area contributed by atoms with E-state index in [1.54, 1.807) is 6.92 Å². The molecule has 0 saturated heterocycles. The predicted molar refractivity (Wildman–Crippen MR) is 58.7 cm³/mol. The van der Waals surface area contributed by atoms with E-state index in [1.165, 1.54) is 14.2 Å². The molecule has 0 spiro atoms. The van der Waals surface area contributed by atoms with Gasteiger partial charge in [0.05, 0.1) is 0 Å². The molecule has 88 valence electrons. The minimum absolute atomic E-state index is 0.389. The fourth-order valence-corrected chi connectivity index (χ4v) is 1.73. The van der Waals surface area contributed by atoms with Crippen molar-refractivity contribution in [2.24, 2.45) is 0 Å². The molecule has 0 aliphatic rings. The van der Waals surface area contributed by atoms with Gasteiger partial charge in [0.25, 0.3) is 6.47 Å². The van der Waals surface area contributed by atoms with Gasteiger partial charge >= 0.3 is 0 Å². The second-order valence-electron chi connectivity index (χ2n) is 3.32. The number of carbonyl (C=O) groups excluding carboxylic acids is 1. The number of rotatable bonds is 6. The van der Waals surface area contributed by atoms with E-state index in [2.05, 4.69) is 0 Å². The lowest BCUT2D eigenvalue weighted by atomic mass is 10.0. The normalized spacial score (nSPS) is 13.2. The molecule has 0 aliphatic carbocycles. The Hall–Kier alpha value is -1.39. The van der Waals surface area contributed by atoms with E-state index < -0.39 is 11.9 Å². The average Bonchev–Trinajstić information content (AvgIpc) is 2.33. The molecule has 0 heterocycles. The predicted octanol–water partition coefficient (Wildman–Crippen LogP) is 1.69. The molecule has 16 heavy (non-hydrogen) atoms. The molecule has 4 heteroatoms. The van der Waals surface area contributed by atoms with Crippen LogP contribution in [-0.4, -0.2) is 26.8 Å². The quantitative estimate of drug-likeness (QED) is 0.545. The highest BCUT2D eigenvalue weighted by atomic mass is 16.7. The summed E-state index contributed by atoms with van der Waals surface area (Å²) in [5, 5.41) is 0. The lowest BCUT2D eigenvalue weighted by Crippen LogP contribution is -2.43. The van der Waals surface area contributed by atoms with Crippen LogP contribution in [0.15, 0.2) is 30.3 Å². The van der Waals surface area contributed by atoms with Gasteiger partial charge in [0, 0.05) is 19.8 Å². The van der Waals surface area contributed by atoms with E-state index in [1.807, 2.05) is 30.3 Å². The first kappa shape index (κ1) is 12.7. The zero-order chi connectivity index (χ0) is 12.0. The molecule has 0 bridgehead atoms. The van der Waals surface area contributed by atoms with Crippen LogP contribution in [-0.2, 0) is 24.8 Å². The van der Waals surface area contributed by atoms with Gasteiger partial charge in [-0.2, -0.15) is 0 Å². The van der Waals surface area contributed by atoms with Crippen molar-refractivity contribution in [1.29, 1.82) is 0 Å². The molecule has 0 fully saturated rings. The van der Waals surface area contributed by atoms with E-state index in [4.69, 9.17) is 14.2 Å². The zero-order valence-electron chi connectivity index (χ0n) is 9.67. The van der Waals surface area contributed by atoms with Gasteiger partial charge in [0.2, 0.25) is 5.79 Å². The largest absolute Gasteiger partial charge is 0.459 e.